The average Bonchev–Trinajstić information content (AvgIpc) is 3.09. The van der Waals surface area contributed by atoms with E-state index in [4.69, 9.17) is 0 Å². The number of aromatic nitrogens is 1. The summed E-state index contributed by atoms with van der Waals surface area (Å²) in [5.41, 5.74) is 0.228. The fraction of sp³-hybridized carbons (Fsp3) is 0.250. The summed E-state index contributed by atoms with van der Waals surface area (Å²) in [6, 6.07) is 11.1. The fourth-order valence-corrected chi connectivity index (χ4v) is 6.03. The normalized spacial score (nSPS) is 20.6. The summed E-state index contributed by atoms with van der Waals surface area (Å²) in [7, 11) is -3.87. The Bertz CT molecular complexity index is 1170. The van der Waals surface area contributed by atoms with Gasteiger partial charge < -0.3 is 4.90 Å². The minimum Gasteiger partial charge on any atom is -0.347 e. The van der Waals surface area contributed by atoms with Gasteiger partial charge in [0.15, 0.2) is 5.13 Å². The van der Waals surface area contributed by atoms with Crippen molar-refractivity contribution in [3.05, 3.63) is 60.2 Å². The number of hydrogen-bond acceptors (Lipinski definition) is 5. The Kier molecular flexibility index (Phi) is 4.32. The van der Waals surface area contributed by atoms with E-state index in [9.17, 15) is 17.2 Å². The Morgan fingerprint density at radius 3 is 2.48 bits per heavy atom. The average molecular weight is 434 g/mol. The molecule has 2 atom stereocenters. The highest BCUT2D eigenvalue weighted by molar-refractivity contribution is 7.93. The SMILES string of the molecule is O=S(=O)(Nc1sc(N2CC3CC3C2)nc1-c1ccc(F)cc1F)c1ccccc1. The van der Waals surface area contributed by atoms with Gasteiger partial charge in [-0.15, -0.1) is 0 Å². The van der Waals surface area contributed by atoms with E-state index < -0.39 is 21.7 Å². The molecule has 1 aromatic heterocycles. The van der Waals surface area contributed by atoms with E-state index >= 15 is 0 Å². The van der Waals surface area contributed by atoms with Gasteiger partial charge in [-0.3, -0.25) is 4.72 Å². The van der Waals surface area contributed by atoms with E-state index in [1.807, 2.05) is 0 Å². The van der Waals surface area contributed by atoms with Crippen LogP contribution in [-0.4, -0.2) is 26.5 Å². The molecule has 2 aliphatic rings. The van der Waals surface area contributed by atoms with Crippen LogP contribution in [0.2, 0.25) is 0 Å². The van der Waals surface area contributed by atoms with E-state index in [1.54, 1.807) is 18.2 Å². The van der Waals surface area contributed by atoms with Crippen molar-refractivity contribution in [3.8, 4) is 11.3 Å². The van der Waals surface area contributed by atoms with Gasteiger partial charge in [-0.25, -0.2) is 22.2 Å². The van der Waals surface area contributed by atoms with Crippen molar-refractivity contribution in [2.24, 2.45) is 11.8 Å². The number of nitrogens with zero attached hydrogens (tertiary/aromatic N) is 2. The second-order valence-corrected chi connectivity index (χ2v) is 10.0. The molecule has 0 spiro atoms. The topological polar surface area (TPSA) is 62.3 Å². The third-order valence-corrected chi connectivity index (χ3v) is 7.86. The standard InChI is InChI=1S/C20H17F2N3O2S2/c21-14-6-7-16(17(22)9-14)18-19(24-29(26,27)15-4-2-1-3-5-15)28-20(23-18)25-10-12-8-13(12)11-25/h1-7,9,12-13,24H,8,10-11H2. The van der Waals surface area contributed by atoms with Crippen LogP contribution in [0.5, 0.6) is 0 Å². The zero-order chi connectivity index (χ0) is 20.2. The Morgan fingerprint density at radius 1 is 1.07 bits per heavy atom. The van der Waals surface area contributed by atoms with Crippen LogP contribution in [0, 0.1) is 23.5 Å². The van der Waals surface area contributed by atoms with Gasteiger partial charge in [0.25, 0.3) is 10.0 Å². The molecule has 1 saturated heterocycles. The second-order valence-electron chi connectivity index (χ2n) is 7.38. The maximum atomic E-state index is 14.5. The first-order chi connectivity index (χ1) is 13.9. The monoisotopic (exact) mass is 433 g/mol. The molecule has 5 nitrogen and oxygen atoms in total. The molecule has 150 valence electrons. The van der Waals surface area contributed by atoms with E-state index in [0.29, 0.717) is 17.0 Å². The Hall–Kier alpha value is -2.52. The highest BCUT2D eigenvalue weighted by atomic mass is 32.2. The summed E-state index contributed by atoms with van der Waals surface area (Å²) in [6.45, 7) is 1.74. The maximum absolute atomic E-state index is 14.5. The van der Waals surface area contributed by atoms with Crippen molar-refractivity contribution in [2.45, 2.75) is 11.3 Å². The molecular formula is C20H17F2N3O2S2. The van der Waals surface area contributed by atoms with Gasteiger partial charge in [-0.1, -0.05) is 29.5 Å². The summed E-state index contributed by atoms with van der Waals surface area (Å²) < 4.78 is 56.0. The molecule has 29 heavy (non-hydrogen) atoms. The molecule has 2 unspecified atom stereocenters. The second kappa shape index (κ2) is 6.77. The van der Waals surface area contributed by atoms with E-state index in [0.717, 1.165) is 25.2 Å². The van der Waals surface area contributed by atoms with Crippen molar-refractivity contribution < 1.29 is 17.2 Å². The first-order valence-corrected chi connectivity index (χ1v) is 11.5. The number of thiazole rings is 1. The first-order valence-electron chi connectivity index (χ1n) is 9.20. The number of rotatable bonds is 5. The molecule has 1 aliphatic heterocycles. The minimum atomic E-state index is -3.87. The van der Waals surface area contributed by atoms with Crippen molar-refractivity contribution in [1.29, 1.82) is 0 Å². The predicted octanol–water partition coefficient (Wildman–Crippen LogP) is 4.35. The number of fused-ring (bicyclic) bond motifs is 1. The number of benzene rings is 2. The summed E-state index contributed by atoms with van der Waals surface area (Å²) in [6.07, 6.45) is 1.22. The molecule has 0 bridgehead atoms. The van der Waals surface area contributed by atoms with Gasteiger partial charge >= 0.3 is 0 Å². The van der Waals surface area contributed by atoms with Gasteiger partial charge in [0.2, 0.25) is 0 Å². The van der Waals surface area contributed by atoms with E-state index in [1.165, 1.54) is 36.0 Å². The highest BCUT2D eigenvalue weighted by Crippen LogP contribution is 2.48. The molecule has 2 aromatic carbocycles. The number of sulfonamides is 1. The van der Waals surface area contributed by atoms with Gasteiger partial charge in [0.05, 0.1) is 4.90 Å². The molecule has 1 aliphatic carbocycles. The molecule has 0 radical (unpaired) electrons. The van der Waals surface area contributed by atoms with Crippen LogP contribution in [0.4, 0.5) is 18.9 Å². The molecule has 5 rings (SSSR count). The van der Waals surface area contributed by atoms with Crippen LogP contribution >= 0.6 is 11.3 Å². The molecule has 9 heteroatoms. The van der Waals surface area contributed by atoms with Crippen LogP contribution < -0.4 is 9.62 Å². The smallest absolute Gasteiger partial charge is 0.262 e. The van der Waals surface area contributed by atoms with E-state index in [-0.39, 0.29) is 21.2 Å². The zero-order valence-electron chi connectivity index (χ0n) is 15.2. The maximum Gasteiger partial charge on any atom is 0.262 e. The van der Waals surface area contributed by atoms with Crippen LogP contribution in [0.25, 0.3) is 11.3 Å². The lowest BCUT2D eigenvalue weighted by Crippen LogP contribution is -2.21. The Labute approximate surface area is 171 Å². The molecule has 1 N–H and O–H groups in total. The van der Waals surface area contributed by atoms with Crippen LogP contribution in [0.3, 0.4) is 0 Å². The first kappa shape index (κ1) is 18.5. The quantitative estimate of drug-likeness (QED) is 0.650. The Balaban J connectivity index is 1.56. The summed E-state index contributed by atoms with van der Waals surface area (Å²) in [4.78, 5) is 6.75. The number of nitrogens with one attached hydrogen (secondary N) is 1. The van der Waals surface area contributed by atoms with Gasteiger partial charge in [0.1, 0.15) is 22.3 Å². The summed E-state index contributed by atoms with van der Waals surface area (Å²) in [5, 5.41) is 0.858. The molecule has 3 aromatic rings. The zero-order valence-corrected chi connectivity index (χ0v) is 16.8. The van der Waals surface area contributed by atoms with Crippen LogP contribution in [-0.2, 0) is 10.0 Å². The van der Waals surface area contributed by atoms with Crippen LogP contribution in [0.15, 0.2) is 53.4 Å². The molecule has 2 fully saturated rings. The molecule has 1 saturated carbocycles. The predicted molar refractivity (Wildman–Crippen MR) is 109 cm³/mol. The molecule has 2 heterocycles. The summed E-state index contributed by atoms with van der Waals surface area (Å²) in [5.74, 6) is -0.164. The van der Waals surface area contributed by atoms with Gasteiger partial charge in [-0.05, 0) is 42.5 Å². The Morgan fingerprint density at radius 2 is 1.79 bits per heavy atom. The number of hydrogen-bond donors (Lipinski definition) is 1. The van der Waals surface area contributed by atoms with Crippen molar-refractivity contribution in [2.75, 3.05) is 22.7 Å². The largest absolute Gasteiger partial charge is 0.347 e. The minimum absolute atomic E-state index is 0.0593. The third kappa shape index (κ3) is 3.49. The third-order valence-electron chi connectivity index (χ3n) is 5.33. The molecular weight excluding hydrogens is 416 g/mol. The lowest BCUT2D eigenvalue weighted by Gasteiger charge is -2.15. The summed E-state index contributed by atoms with van der Waals surface area (Å²) >= 11 is 1.17. The number of anilines is 2. The lowest BCUT2D eigenvalue weighted by molar-refractivity contribution is 0.585. The van der Waals surface area contributed by atoms with Crippen molar-refractivity contribution in [3.63, 3.8) is 0 Å². The lowest BCUT2D eigenvalue weighted by atomic mass is 10.1. The van der Waals surface area contributed by atoms with Crippen molar-refractivity contribution in [1.82, 2.24) is 4.98 Å². The molecule has 0 amide bonds. The highest BCUT2D eigenvalue weighted by Gasteiger charge is 2.46. The van der Waals surface area contributed by atoms with Gasteiger partial charge in [-0.2, -0.15) is 0 Å². The van der Waals surface area contributed by atoms with Crippen molar-refractivity contribution >= 4 is 31.5 Å². The number of halogens is 2. The van der Waals surface area contributed by atoms with Crippen LogP contribution in [0.1, 0.15) is 6.42 Å². The van der Waals surface area contributed by atoms with E-state index in [2.05, 4.69) is 14.6 Å². The number of piperidine rings is 1. The van der Waals surface area contributed by atoms with Gasteiger partial charge in [0, 0.05) is 24.7 Å². The fourth-order valence-electron chi connectivity index (χ4n) is 3.71.